The first-order valence-corrected chi connectivity index (χ1v) is 9.92. The molecule has 0 atom stereocenters. The Bertz CT molecular complexity index is 1120. The summed E-state index contributed by atoms with van der Waals surface area (Å²) in [5.41, 5.74) is 3.79. The zero-order valence-corrected chi connectivity index (χ0v) is 15.9. The second kappa shape index (κ2) is 8.10. The molecule has 28 heavy (non-hydrogen) atoms. The van der Waals surface area contributed by atoms with Crippen molar-refractivity contribution in [2.75, 3.05) is 11.9 Å². The first-order chi connectivity index (χ1) is 13.7. The van der Waals surface area contributed by atoms with E-state index in [1.54, 1.807) is 35.7 Å². The standard InChI is InChI=1S/C22H19N3O2S/c26-21(16-10-12-28-14-16)25-20-8-4-2-6-18(20)22(27)23-11-9-15-13-24-19-7-3-1-5-17(15)19/h1-8,10,12-14,24H,9,11H2,(H,23,27)(H,25,26). The number of carbonyl (C=O) groups is 2. The van der Waals surface area contributed by atoms with Gasteiger partial charge in [-0.05, 0) is 41.6 Å². The quantitative estimate of drug-likeness (QED) is 0.456. The average molecular weight is 389 g/mol. The van der Waals surface area contributed by atoms with Crippen molar-refractivity contribution >= 4 is 39.7 Å². The zero-order chi connectivity index (χ0) is 19.3. The molecule has 0 unspecified atom stereocenters. The number of hydrogen-bond acceptors (Lipinski definition) is 3. The molecule has 2 heterocycles. The van der Waals surface area contributed by atoms with Crippen LogP contribution in [-0.2, 0) is 6.42 Å². The van der Waals surface area contributed by atoms with Crippen LogP contribution in [-0.4, -0.2) is 23.3 Å². The Labute approximate surface area is 166 Å². The van der Waals surface area contributed by atoms with E-state index in [1.165, 1.54) is 16.7 Å². The molecule has 0 fully saturated rings. The lowest BCUT2D eigenvalue weighted by Gasteiger charge is -2.11. The van der Waals surface area contributed by atoms with Crippen molar-refractivity contribution < 1.29 is 9.59 Å². The van der Waals surface area contributed by atoms with Gasteiger partial charge in [-0.1, -0.05) is 30.3 Å². The van der Waals surface area contributed by atoms with E-state index >= 15 is 0 Å². The van der Waals surface area contributed by atoms with Crippen molar-refractivity contribution in [2.24, 2.45) is 0 Å². The van der Waals surface area contributed by atoms with Gasteiger partial charge in [-0.3, -0.25) is 9.59 Å². The Morgan fingerprint density at radius 1 is 0.964 bits per heavy atom. The van der Waals surface area contributed by atoms with E-state index < -0.39 is 0 Å². The lowest BCUT2D eigenvalue weighted by molar-refractivity contribution is 0.0955. The van der Waals surface area contributed by atoms with Gasteiger partial charge >= 0.3 is 0 Å². The monoisotopic (exact) mass is 389 g/mol. The molecule has 2 amide bonds. The first kappa shape index (κ1) is 18.0. The van der Waals surface area contributed by atoms with Crippen LogP contribution in [0.2, 0.25) is 0 Å². The molecule has 140 valence electrons. The molecule has 2 aromatic heterocycles. The molecule has 0 bridgehead atoms. The van der Waals surface area contributed by atoms with Crippen molar-refractivity contribution in [3.05, 3.63) is 88.2 Å². The van der Waals surface area contributed by atoms with Crippen LogP contribution in [0, 0.1) is 0 Å². The molecule has 6 heteroatoms. The fraction of sp³-hybridized carbons (Fsp3) is 0.0909. The van der Waals surface area contributed by atoms with Gasteiger partial charge in [0.25, 0.3) is 11.8 Å². The molecular weight excluding hydrogens is 370 g/mol. The summed E-state index contributed by atoms with van der Waals surface area (Å²) in [4.78, 5) is 28.2. The Balaban J connectivity index is 1.41. The van der Waals surface area contributed by atoms with Gasteiger partial charge in [0.05, 0.1) is 16.8 Å². The van der Waals surface area contributed by atoms with Crippen LogP contribution < -0.4 is 10.6 Å². The van der Waals surface area contributed by atoms with Gasteiger partial charge in [0, 0.05) is 29.0 Å². The SMILES string of the molecule is O=C(Nc1ccccc1C(=O)NCCc1c[nH]c2ccccc12)c1ccsc1. The molecule has 4 aromatic rings. The van der Waals surface area contributed by atoms with E-state index in [4.69, 9.17) is 0 Å². The van der Waals surface area contributed by atoms with Crippen molar-refractivity contribution in [2.45, 2.75) is 6.42 Å². The van der Waals surface area contributed by atoms with Gasteiger partial charge in [-0.2, -0.15) is 11.3 Å². The predicted octanol–water partition coefficient (Wildman–Crippen LogP) is 4.45. The second-order valence-electron chi connectivity index (χ2n) is 6.38. The van der Waals surface area contributed by atoms with Crippen LogP contribution in [0.1, 0.15) is 26.3 Å². The number of thiophene rings is 1. The van der Waals surface area contributed by atoms with Crippen molar-refractivity contribution in [3.8, 4) is 0 Å². The van der Waals surface area contributed by atoms with Crippen LogP contribution in [0.4, 0.5) is 5.69 Å². The highest BCUT2D eigenvalue weighted by molar-refractivity contribution is 7.08. The Morgan fingerprint density at radius 3 is 2.64 bits per heavy atom. The molecular formula is C22H19N3O2S. The van der Waals surface area contributed by atoms with Crippen LogP contribution in [0.25, 0.3) is 10.9 Å². The van der Waals surface area contributed by atoms with E-state index in [2.05, 4.69) is 21.7 Å². The molecule has 2 aromatic carbocycles. The molecule has 0 aliphatic carbocycles. The number of aromatic amines is 1. The number of nitrogens with one attached hydrogen (secondary N) is 3. The second-order valence-corrected chi connectivity index (χ2v) is 7.16. The first-order valence-electron chi connectivity index (χ1n) is 8.98. The summed E-state index contributed by atoms with van der Waals surface area (Å²) in [5, 5.41) is 10.6. The Morgan fingerprint density at radius 2 is 1.79 bits per heavy atom. The highest BCUT2D eigenvalue weighted by atomic mass is 32.1. The third-order valence-electron chi connectivity index (χ3n) is 4.56. The molecule has 0 saturated carbocycles. The van der Waals surface area contributed by atoms with Crippen LogP contribution in [0.15, 0.2) is 71.6 Å². The molecule has 3 N–H and O–H groups in total. The number of aromatic nitrogens is 1. The minimum atomic E-state index is -0.222. The van der Waals surface area contributed by atoms with E-state index in [0.29, 0.717) is 23.4 Å². The number of rotatable bonds is 6. The third kappa shape index (κ3) is 3.82. The van der Waals surface area contributed by atoms with Gasteiger partial charge in [0.2, 0.25) is 0 Å². The number of amides is 2. The minimum absolute atomic E-state index is 0.207. The van der Waals surface area contributed by atoms with Gasteiger partial charge in [0.1, 0.15) is 0 Å². The summed E-state index contributed by atoms with van der Waals surface area (Å²) in [5.74, 6) is -0.429. The molecule has 4 rings (SSSR count). The van der Waals surface area contributed by atoms with E-state index in [0.717, 1.165) is 17.5 Å². The van der Waals surface area contributed by atoms with Gasteiger partial charge in [-0.15, -0.1) is 0 Å². The highest BCUT2D eigenvalue weighted by Gasteiger charge is 2.14. The molecule has 0 saturated heterocycles. The number of para-hydroxylation sites is 2. The molecule has 5 nitrogen and oxygen atoms in total. The lowest BCUT2D eigenvalue weighted by Crippen LogP contribution is -2.27. The molecule has 0 aliphatic rings. The molecule has 0 spiro atoms. The normalized spacial score (nSPS) is 10.7. The maximum absolute atomic E-state index is 12.7. The van der Waals surface area contributed by atoms with Crippen LogP contribution in [0.3, 0.4) is 0 Å². The number of fused-ring (bicyclic) bond motifs is 1. The van der Waals surface area contributed by atoms with Gasteiger partial charge in [-0.25, -0.2) is 0 Å². The lowest BCUT2D eigenvalue weighted by atomic mass is 10.1. The van der Waals surface area contributed by atoms with E-state index in [-0.39, 0.29) is 11.8 Å². The maximum atomic E-state index is 12.7. The smallest absolute Gasteiger partial charge is 0.256 e. The van der Waals surface area contributed by atoms with E-state index in [1.807, 2.05) is 29.8 Å². The van der Waals surface area contributed by atoms with E-state index in [9.17, 15) is 9.59 Å². The summed E-state index contributed by atoms with van der Waals surface area (Å²) in [6.07, 6.45) is 2.70. The number of hydrogen-bond donors (Lipinski definition) is 3. The minimum Gasteiger partial charge on any atom is -0.361 e. The van der Waals surface area contributed by atoms with Crippen molar-refractivity contribution in [3.63, 3.8) is 0 Å². The van der Waals surface area contributed by atoms with Crippen molar-refractivity contribution in [1.29, 1.82) is 0 Å². The van der Waals surface area contributed by atoms with Gasteiger partial charge < -0.3 is 15.6 Å². The number of H-pyrrole nitrogens is 1. The van der Waals surface area contributed by atoms with Crippen molar-refractivity contribution in [1.82, 2.24) is 10.3 Å². The topological polar surface area (TPSA) is 74.0 Å². The summed E-state index contributed by atoms with van der Waals surface area (Å²) in [6, 6.07) is 16.9. The van der Waals surface area contributed by atoms with Crippen LogP contribution >= 0.6 is 11.3 Å². The summed E-state index contributed by atoms with van der Waals surface area (Å²) >= 11 is 1.46. The number of carbonyl (C=O) groups excluding carboxylic acids is 2. The largest absolute Gasteiger partial charge is 0.361 e. The van der Waals surface area contributed by atoms with Crippen LogP contribution in [0.5, 0.6) is 0 Å². The Hall–Kier alpha value is -3.38. The number of benzene rings is 2. The fourth-order valence-electron chi connectivity index (χ4n) is 3.12. The fourth-order valence-corrected chi connectivity index (χ4v) is 3.76. The highest BCUT2D eigenvalue weighted by Crippen LogP contribution is 2.19. The molecule has 0 radical (unpaired) electrons. The summed E-state index contributed by atoms with van der Waals surface area (Å²) in [6.45, 7) is 0.507. The predicted molar refractivity (Wildman–Crippen MR) is 113 cm³/mol. The third-order valence-corrected chi connectivity index (χ3v) is 5.24. The summed E-state index contributed by atoms with van der Waals surface area (Å²) < 4.78 is 0. The average Bonchev–Trinajstić information content (AvgIpc) is 3.39. The van der Waals surface area contributed by atoms with Gasteiger partial charge in [0.15, 0.2) is 0 Å². The molecule has 0 aliphatic heterocycles. The zero-order valence-electron chi connectivity index (χ0n) is 15.1. The summed E-state index contributed by atoms with van der Waals surface area (Å²) in [7, 11) is 0. The number of anilines is 1. The Kier molecular flexibility index (Phi) is 5.21. The maximum Gasteiger partial charge on any atom is 0.256 e.